The zero-order chi connectivity index (χ0) is 26.0. The zero-order valence-electron chi connectivity index (χ0n) is 19.8. The van der Waals surface area contributed by atoms with E-state index >= 15 is 0 Å². The Morgan fingerprint density at radius 1 is 1.22 bits per heavy atom. The van der Waals surface area contributed by atoms with Crippen molar-refractivity contribution in [2.24, 2.45) is 0 Å². The number of sulfone groups is 1. The van der Waals surface area contributed by atoms with Crippen LogP contribution in [0.1, 0.15) is 37.0 Å². The maximum Gasteiger partial charge on any atom is 0.245 e. The number of rotatable bonds is 7. The molecule has 2 atom stereocenters. The van der Waals surface area contributed by atoms with E-state index in [9.17, 15) is 21.6 Å². The van der Waals surface area contributed by atoms with Crippen LogP contribution in [0.4, 0.5) is 0 Å². The molecular weight excluding hydrogens is 548 g/mol. The highest BCUT2D eigenvalue weighted by atomic mass is 35.5. The highest BCUT2D eigenvalue weighted by molar-refractivity contribution is 7.92. The summed E-state index contributed by atoms with van der Waals surface area (Å²) >= 11 is 7.27. The van der Waals surface area contributed by atoms with Crippen molar-refractivity contribution in [3.8, 4) is 10.4 Å². The van der Waals surface area contributed by atoms with Gasteiger partial charge in [-0.05, 0) is 49.1 Å². The zero-order valence-corrected chi connectivity index (χ0v) is 23.0. The van der Waals surface area contributed by atoms with Crippen LogP contribution in [0.2, 0.25) is 5.02 Å². The standard InChI is InChI=1S/C23H29ClN2O7S3/c1-35(28,29)26-12-11-23(36(30,31)15-13-26,16-21(27)25-33-22-4-2-3-14-32-22)20-10-9-19(34-20)17-5-7-18(24)8-6-17/h5-10,22H,2-4,11-16H2,1H3,(H,25,27). The van der Waals surface area contributed by atoms with Gasteiger partial charge in [-0.1, -0.05) is 23.7 Å². The SMILES string of the molecule is CS(=O)(=O)N1CCC(CC(=O)NOC2CCCCO2)(c2ccc(-c3ccc(Cl)cc3)s2)S(=O)(=O)CC1. The molecule has 1 N–H and O–H groups in total. The van der Waals surface area contributed by atoms with Crippen molar-refractivity contribution >= 4 is 48.7 Å². The fourth-order valence-electron chi connectivity index (χ4n) is 4.47. The van der Waals surface area contributed by atoms with E-state index in [1.54, 1.807) is 18.2 Å². The van der Waals surface area contributed by atoms with Crippen molar-refractivity contribution in [2.75, 3.05) is 31.7 Å². The first-order valence-corrected chi connectivity index (χ1v) is 16.3. The molecule has 2 aliphatic heterocycles. The number of hydroxylamine groups is 1. The van der Waals surface area contributed by atoms with Gasteiger partial charge in [0.25, 0.3) is 0 Å². The van der Waals surface area contributed by atoms with Gasteiger partial charge in [0.05, 0.1) is 18.4 Å². The Balaban J connectivity index is 1.66. The first-order valence-electron chi connectivity index (χ1n) is 11.6. The molecule has 3 heterocycles. The lowest BCUT2D eigenvalue weighted by Crippen LogP contribution is -2.43. The Hall–Kier alpha value is -1.54. The van der Waals surface area contributed by atoms with E-state index in [4.69, 9.17) is 21.2 Å². The van der Waals surface area contributed by atoms with Crippen LogP contribution >= 0.6 is 22.9 Å². The molecule has 2 saturated heterocycles. The normalized spacial score (nSPS) is 25.2. The van der Waals surface area contributed by atoms with E-state index in [-0.39, 0.29) is 19.5 Å². The lowest BCUT2D eigenvalue weighted by atomic mass is 9.97. The summed E-state index contributed by atoms with van der Waals surface area (Å²) < 4.78 is 57.0. The molecular formula is C23H29ClN2O7S3. The number of benzene rings is 1. The molecule has 2 fully saturated rings. The minimum atomic E-state index is -3.95. The summed E-state index contributed by atoms with van der Waals surface area (Å²) in [6, 6.07) is 10.7. The third-order valence-corrected chi connectivity index (χ3v) is 12.0. The third kappa shape index (κ3) is 6.12. The van der Waals surface area contributed by atoms with Gasteiger partial charge in [-0.15, -0.1) is 11.3 Å². The van der Waals surface area contributed by atoms with Crippen molar-refractivity contribution in [1.82, 2.24) is 9.79 Å². The number of ether oxygens (including phenoxy) is 1. The number of nitrogens with zero attached hydrogens (tertiary/aromatic N) is 1. The fraction of sp³-hybridized carbons (Fsp3) is 0.522. The highest BCUT2D eigenvalue weighted by Crippen LogP contribution is 2.45. The maximum absolute atomic E-state index is 13.8. The molecule has 9 nitrogen and oxygen atoms in total. The number of sulfonamides is 1. The molecule has 198 valence electrons. The molecule has 4 rings (SSSR count). The first kappa shape index (κ1) is 27.5. The van der Waals surface area contributed by atoms with Gasteiger partial charge in [0.15, 0.2) is 16.1 Å². The van der Waals surface area contributed by atoms with Crippen LogP contribution in [-0.2, 0) is 39.0 Å². The summed E-state index contributed by atoms with van der Waals surface area (Å²) in [4.78, 5) is 19.7. The Labute approximate surface area is 220 Å². The predicted molar refractivity (Wildman–Crippen MR) is 139 cm³/mol. The average Bonchev–Trinajstić information content (AvgIpc) is 3.27. The van der Waals surface area contributed by atoms with Gasteiger partial charge in [-0.25, -0.2) is 31.5 Å². The van der Waals surface area contributed by atoms with Crippen molar-refractivity contribution < 1.29 is 31.2 Å². The van der Waals surface area contributed by atoms with Gasteiger partial charge in [0.1, 0.15) is 4.75 Å². The lowest BCUT2D eigenvalue weighted by Gasteiger charge is -2.31. The summed E-state index contributed by atoms with van der Waals surface area (Å²) in [6.45, 7) is 0.349. The average molecular weight is 577 g/mol. The van der Waals surface area contributed by atoms with Crippen molar-refractivity contribution in [2.45, 2.75) is 43.1 Å². The second-order valence-electron chi connectivity index (χ2n) is 9.01. The van der Waals surface area contributed by atoms with E-state index in [0.29, 0.717) is 22.9 Å². The molecule has 2 aromatic rings. The minimum absolute atomic E-state index is 0.0217. The summed E-state index contributed by atoms with van der Waals surface area (Å²) in [5, 5.41) is 0.581. The van der Waals surface area contributed by atoms with Gasteiger partial charge in [-0.3, -0.25) is 4.79 Å². The van der Waals surface area contributed by atoms with E-state index < -0.39 is 49.0 Å². The third-order valence-electron chi connectivity index (χ3n) is 6.51. The van der Waals surface area contributed by atoms with Crippen LogP contribution in [0.3, 0.4) is 0 Å². The van der Waals surface area contributed by atoms with Gasteiger partial charge in [0.2, 0.25) is 15.9 Å². The molecule has 0 aliphatic carbocycles. The number of carbonyl (C=O) groups excluding carboxylic acids is 1. The number of carbonyl (C=O) groups is 1. The van der Waals surface area contributed by atoms with Crippen molar-refractivity contribution in [3.63, 3.8) is 0 Å². The topological polar surface area (TPSA) is 119 Å². The second kappa shape index (κ2) is 11.1. The second-order valence-corrected chi connectivity index (χ2v) is 14.9. The van der Waals surface area contributed by atoms with E-state index in [1.807, 2.05) is 18.2 Å². The summed E-state index contributed by atoms with van der Waals surface area (Å²) in [5.41, 5.74) is 3.23. The molecule has 36 heavy (non-hydrogen) atoms. The van der Waals surface area contributed by atoms with E-state index in [1.165, 1.54) is 11.3 Å². The van der Waals surface area contributed by atoms with Gasteiger partial charge < -0.3 is 4.74 Å². The Kier molecular flexibility index (Phi) is 8.45. The first-order chi connectivity index (χ1) is 17.0. The molecule has 1 aromatic heterocycles. The van der Waals surface area contributed by atoms with E-state index in [2.05, 4.69) is 5.48 Å². The predicted octanol–water partition coefficient (Wildman–Crippen LogP) is 3.31. The van der Waals surface area contributed by atoms with Crippen molar-refractivity contribution in [1.29, 1.82) is 0 Å². The molecule has 0 bridgehead atoms. The number of hydrogen-bond acceptors (Lipinski definition) is 8. The summed E-state index contributed by atoms with van der Waals surface area (Å²) in [5.74, 6) is -1.00. The van der Waals surface area contributed by atoms with Crippen LogP contribution in [0.15, 0.2) is 36.4 Å². The number of thiophene rings is 1. The highest BCUT2D eigenvalue weighted by Gasteiger charge is 2.50. The minimum Gasteiger partial charge on any atom is -0.350 e. The number of halogens is 1. The lowest BCUT2D eigenvalue weighted by molar-refractivity contribution is -0.200. The van der Waals surface area contributed by atoms with E-state index in [0.717, 1.165) is 33.8 Å². The summed E-state index contributed by atoms with van der Waals surface area (Å²) in [7, 11) is -7.55. The van der Waals surface area contributed by atoms with Gasteiger partial charge in [0, 0.05) is 40.9 Å². The molecule has 1 amide bonds. The largest absolute Gasteiger partial charge is 0.350 e. The smallest absolute Gasteiger partial charge is 0.245 e. The Morgan fingerprint density at radius 2 is 1.97 bits per heavy atom. The molecule has 1 aromatic carbocycles. The van der Waals surface area contributed by atoms with Crippen LogP contribution in [0.25, 0.3) is 10.4 Å². The van der Waals surface area contributed by atoms with Crippen LogP contribution in [0, 0.1) is 0 Å². The van der Waals surface area contributed by atoms with Crippen LogP contribution < -0.4 is 5.48 Å². The maximum atomic E-state index is 13.8. The molecule has 13 heteroatoms. The molecule has 0 saturated carbocycles. The van der Waals surface area contributed by atoms with Crippen molar-refractivity contribution in [3.05, 3.63) is 46.3 Å². The number of nitrogens with one attached hydrogen (secondary N) is 1. The fourth-order valence-corrected chi connectivity index (χ4v) is 9.16. The van der Waals surface area contributed by atoms with Crippen LogP contribution in [0.5, 0.6) is 0 Å². The number of hydrogen-bond donors (Lipinski definition) is 1. The monoisotopic (exact) mass is 576 g/mol. The Bertz CT molecular complexity index is 1290. The molecule has 2 unspecified atom stereocenters. The van der Waals surface area contributed by atoms with Gasteiger partial charge >= 0.3 is 0 Å². The number of amides is 1. The summed E-state index contributed by atoms with van der Waals surface area (Å²) in [6.07, 6.45) is 2.46. The van der Waals surface area contributed by atoms with Gasteiger partial charge in [-0.2, -0.15) is 0 Å². The quantitative estimate of drug-likeness (QED) is 0.502. The molecule has 0 spiro atoms. The Morgan fingerprint density at radius 3 is 2.64 bits per heavy atom. The molecule has 2 aliphatic rings. The molecule has 0 radical (unpaired) electrons. The van der Waals surface area contributed by atoms with Crippen LogP contribution in [-0.4, -0.2) is 65.0 Å².